The highest BCUT2D eigenvalue weighted by Crippen LogP contribution is 2.38. The molecule has 19 heavy (non-hydrogen) atoms. The Hall–Kier alpha value is -0.610. The summed E-state index contributed by atoms with van der Waals surface area (Å²) in [6.07, 6.45) is 3.90. The van der Waals surface area contributed by atoms with Gasteiger partial charge in [-0.2, -0.15) is 0 Å². The first-order valence-corrected chi connectivity index (χ1v) is 7.54. The average Bonchev–Trinajstić information content (AvgIpc) is 2.67. The van der Waals surface area contributed by atoms with Gasteiger partial charge in [0.1, 0.15) is 5.54 Å². The summed E-state index contributed by atoms with van der Waals surface area (Å²) in [5, 5.41) is 3.42. The molecule has 4 nitrogen and oxygen atoms in total. The van der Waals surface area contributed by atoms with E-state index < -0.39 is 5.54 Å². The first kappa shape index (κ1) is 16.4. The zero-order valence-corrected chi connectivity index (χ0v) is 12.9. The Balaban J connectivity index is 2.56. The van der Waals surface area contributed by atoms with Gasteiger partial charge >= 0.3 is 0 Å². The number of rotatable bonds is 8. The third-order valence-electron chi connectivity index (χ3n) is 3.87. The number of hydrogen-bond acceptors (Lipinski definition) is 3. The van der Waals surface area contributed by atoms with E-state index in [1.807, 2.05) is 0 Å². The Morgan fingerprint density at radius 1 is 1.42 bits per heavy atom. The van der Waals surface area contributed by atoms with E-state index >= 15 is 0 Å². The van der Waals surface area contributed by atoms with Crippen molar-refractivity contribution in [1.82, 2.24) is 5.32 Å². The van der Waals surface area contributed by atoms with Crippen LogP contribution in [0.4, 0.5) is 0 Å². The Labute approximate surface area is 117 Å². The lowest BCUT2D eigenvalue weighted by Crippen LogP contribution is -2.60. The fourth-order valence-corrected chi connectivity index (χ4v) is 3.11. The topological polar surface area (TPSA) is 64.3 Å². The van der Waals surface area contributed by atoms with E-state index in [0.717, 1.165) is 38.9 Å². The number of ether oxygens (including phenoxy) is 1. The van der Waals surface area contributed by atoms with Crippen LogP contribution in [0.25, 0.3) is 0 Å². The van der Waals surface area contributed by atoms with E-state index in [0.29, 0.717) is 11.8 Å². The summed E-state index contributed by atoms with van der Waals surface area (Å²) in [5.74, 6) is 0.658. The van der Waals surface area contributed by atoms with E-state index in [4.69, 9.17) is 10.5 Å². The Morgan fingerprint density at radius 2 is 2.11 bits per heavy atom. The molecule has 0 aromatic rings. The van der Waals surface area contributed by atoms with Crippen LogP contribution in [-0.4, -0.2) is 30.7 Å². The van der Waals surface area contributed by atoms with Crippen molar-refractivity contribution in [1.29, 1.82) is 0 Å². The minimum absolute atomic E-state index is 0.201. The van der Waals surface area contributed by atoms with Crippen molar-refractivity contribution in [2.45, 2.75) is 65.0 Å². The first-order chi connectivity index (χ1) is 8.88. The smallest absolute Gasteiger partial charge is 0.238 e. The van der Waals surface area contributed by atoms with E-state index in [2.05, 4.69) is 33.0 Å². The molecule has 0 spiro atoms. The number of carbonyl (C=O) groups excluding carboxylic acids is 1. The van der Waals surface area contributed by atoms with Crippen LogP contribution in [0.15, 0.2) is 0 Å². The maximum absolute atomic E-state index is 11.9. The molecule has 0 saturated heterocycles. The fourth-order valence-electron chi connectivity index (χ4n) is 3.11. The molecule has 1 saturated carbocycles. The number of primary amides is 1. The second-order valence-corrected chi connectivity index (χ2v) is 6.48. The molecule has 1 aliphatic carbocycles. The summed E-state index contributed by atoms with van der Waals surface area (Å²) in [7, 11) is 0. The van der Waals surface area contributed by atoms with Gasteiger partial charge in [0, 0.05) is 19.3 Å². The number of nitrogens with two attached hydrogens (primary N) is 1. The summed E-state index contributed by atoms with van der Waals surface area (Å²) in [6, 6.07) is 0.268. The molecule has 1 rings (SSSR count). The average molecular weight is 270 g/mol. The fraction of sp³-hybridized carbons (Fsp3) is 0.933. The molecule has 0 aromatic carbocycles. The molecule has 0 radical (unpaired) electrons. The third kappa shape index (κ3) is 4.46. The van der Waals surface area contributed by atoms with Gasteiger partial charge < -0.3 is 15.8 Å². The van der Waals surface area contributed by atoms with Crippen LogP contribution >= 0.6 is 0 Å². The van der Waals surface area contributed by atoms with Crippen molar-refractivity contribution in [3.05, 3.63) is 0 Å². The molecule has 0 bridgehead atoms. The van der Waals surface area contributed by atoms with Gasteiger partial charge in [-0.15, -0.1) is 0 Å². The first-order valence-electron chi connectivity index (χ1n) is 7.54. The predicted octanol–water partition coefficient (Wildman–Crippen LogP) is 2.07. The molecule has 1 amide bonds. The molecule has 1 fully saturated rings. The summed E-state index contributed by atoms with van der Waals surface area (Å²) >= 11 is 0. The molecule has 4 heteroatoms. The SMILES string of the molecule is CC(C)COCCC1CCCC1(NC(C)C)C(N)=O. The summed E-state index contributed by atoms with van der Waals surface area (Å²) < 4.78 is 5.66. The number of amides is 1. The molecule has 0 heterocycles. The molecule has 2 atom stereocenters. The van der Waals surface area contributed by atoms with E-state index in [-0.39, 0.29) is 11.9 Å². The van der Waals surface area contributed by atoms with Crippen LogP contribution in [-0.2, 0) is 9.53 Å². The maximum Gasteiger partial charge on any atom is 0.238 e. The van der Waals surface area contributed by atoms with Crippen LogP contribution in [0.3, 0.4) is 0 Å². The second-order valence-electron chi connectivity index (χ2n) is 6.48. The highest BCUT2D eigenvalue weighted by molar-refractivity contribution is 5.85. The monoisotopic (exact) mass is 270 g/mol. The molecule has 0 aliphatic heterocycles. The minimum atomic E-state index is -0.518. The van der Waals surface area contributed by atoms with Crippen molar-refractivity contribution < 1.29 is 9.53 Å². The second kappa shape index (κ2) is 7.25. The largest absolute Gasteiger partial charge is 0.381 e. The highest BCUT2D eigenvalue weighted by Gasteiger charge is 2.47. The van der Waals surface area contributed by atoms with Gasteiger partial charge in [-0.3, -0.25) is 4.79 Å². The molecular weight excluding hydrogens is 240 g/mol. The zero-order valence-electron chi connectivity index (χ0n) is 12.9. The van der Waals surface area contributed by atoms with Crippen molar-refractivity contribution in [3.8, 4) is 0 Å². The Morgan fingerprint density at radius 3 is 2.63 bits per heavy atom. The maximum atomic E-state index is 11.9. The molecule has 2 unspecified atom stereocenters. The standard InChI is InChI=1S/C15H30N2O2/c1-11(2)10-19-9-7-13-6-5-8-15(13,14(16)18)17-12(3)4/h11-13,17H,5-10H2,1-4H3,(H2,16,18). The van der Waals surface area contributed by atoms with Gasteiger partial charge in [-0.1, -0.05) is 20.3 Å². The lowest BCUT2D eigenvalue weighted by atomic mass is 9.83. The van der Waals surface area contributed by atoms with Gasteiger partial charge in [-0.05, 0) is 44.9 Å². The summed E-state index contributed by atoms with van der Waals surface area (Å²) in [6.45, 7) is 9.92. The lowest BCUT2D eigenvalue weighted by Gasteiger charge is -2.35. The Kier molecular flexibility index (Phi) is 6.27. The van der Waals surface area contributed by atoms with Crippen molar-refractivity contribution in [3.63, 3.8) is 0 Å². The van der Waals surface area contributed by atoms with E-state index in [9.17, 15) is 4.79 Å². The van der Waals surface area contributed by atoms with Crippen LogP contribution in [0.5, 0.6) is 0 Å². The molecule has 3 N–H and O–H groups in total. The van der Waals surface area contributed by atoms with E-state index in [1.54, 1.807) is 0 Å². The van der Waals surface area contributed by atoms with Gasteiger partial charge in [0.2, 0.25) is 5.91 Å². The number of carbonyl (C=O) groups is 1. The van der Waals surface area contributed by atoms with Crippen LogP contribution in [0.1, 0.15) is 53.4 Å². The number of nitrogens with one attached hydrogen (secondary N) is 1. The minimum Gasteiger partial charge on any atom is -0.381 e. The summed E-state index contributed by atoms with van der Waals surface area (Å²) in [5.41, 5.74) is 5.16. The van der Waals surface area contributed by atoms with Gasteiger partial charge in [0.05, 0.1) is 0 Å². The zero-order chi connectivity index (χ0) is 14.5. The van der Waals surface area contributed by atoms with Crippen LogP contribution in [0.2, 0.25) is 0 Å². The summed E-state index contributed by atoms with van der Waals surface area (Å²) in [4.78, 5) is 11.9. The quantitative estimate of drug-likeness (QED) is 0.664. The van der Waals surface area contributed by atoms with Gasteiger partial charge in [0.25, 0.3) is 0 Å². The Bertz CT molecular complexity index is 292. The van der Waals surface area contributed by atoms with Crippen LogP contribution < -0.4 is 11.1 Å². The number of hydrogen-bond donors (Lipinski definition) is 2. The van der Waals surface area contributed by atoms with Crippen molar-refractivity contribution >= 4 is 5.91 Å². The molecule has 1 aliphatic rings. The van der Waals surface area contributed by atoms with Crippen molar-refractivity contribution in [2.75, 3.05) is 13.2 Å². The normalized spacial score (nSPS) is 27.4. The lowest BCUT2D eigenvalue weighted by molar-refractivity contribution is -0.126. The molecule has 112 valence electrons. The molecular formula is C15H30N2O2. The predicted molar refractivity (Wildman–Crippen MR) is 77.8 cm³/mol. The van der Waals surface area contributed by atoms with E-state index in [1.165, 1.54) is 0 Å². The van der Waals surface area contributed by atoms with Crippen molar-refractivity contribution in [2.24, 2.45) is 17.6 Å². The highest BCUT2D eigenvalue weighted by atomic mass is 16.5. The third-order valence-corrected chi connectivity index (χ3v) is 3.87. The van der Waals surface area contributed by atoms with Gasteiger partial charge in [0.15, 0.2) is 0 Å². The molecule has 0 aromatic heterocycles. The van der Waals surface area contributed by atoms with Gasteiger partial charge in [-0.25, -0.2) is 0 Å². The van der Waals surface area contributed by atoms with Crippen LogP contribution in [0, 0.1) is 11.8 Å².